The van der Waals surface area contributed by atoms with Crippen LogP contribution in [0.5, 0.6) is 0 Å². The Labute approximate surface area is 260 Å². The molecule has 0 fully saturated rings. The molecule has 0 heterocycles. The van der Waals surface area contributed by atoms with Gasteiger partial charge in [0.05, 0.1) is 6.61 Å². The van der Waals surface area contributed by atoms with Crippen molar-refractivity contribution >= 4 is 11.9 Å². The fourth-order valence-corrected chi connectivity index (χ4v) is 4.99. The van der Waals surface area contributed by atoms with Crippen LogP contribution in [0.4, 0.5) is 0 Å². The van der Waals surface area contributed by atoms with E-state index in [4.69, 9.17) is 9.47 Å². The first-order valence-corrected chi connectivity index (χ1v) is 17.9. The van der Waals surface area contributed by atoms with Crippen molar-refractivity contribution in [3.63, 3.8) is 0 Å². The van der Waals surface area contributed by atoms with Gasteiger partial charge in [-0.25, -0.2) is 0 Å². The number of carbonyl (C=O) groups excluding carboxylic acids is 2. The fourth-order valence-electron chi connectivity index (χ4n) is 4.99. The highest BCUT2D eigenvalue weighted by molar-refractivity contribution is 5.70. The average molecular weight is 593 g/mol. The minimum absolute atomic E-state index is 0.0678. The third-order valence-corrected chi connectivity index (χ3v) is 7.75. The van der Waals surface area contributed by atoms with Gasteiger partial charge in [0.15, 0.2) is 6.10 Å². The first kappa shape index (κ1) is 40.4. The number of ether oxygens (including phenoxy) is 2. The van der Waals surface area contributed by atoms with Gasteiger partial charge < -0.3 is 14.6 Å². The molecule has 0 radical (unpaired) electrons. The SMILES string of the molecule is CCCCC/C=C/C/C=C/CCCCCCCC(=O)O[C@H](CO)COC(=O)CCCCCCCCCCCCCCC. The summed E-state index contributed by atoms with van der Waals surface area (Å²) in [5, 5.41) is 9.51. The molecule has 5 nitrogen and oxygen atoms in total. The van der Waals surface area contributed by atoms with Crippen LogP contribution in [0.15, 0.2) is 24.3 Å². The van der Waals surface area contributed by atoms with E-state index in [1.165, 1.54) is 103 Å². The fraction of sp³-hybridized carbons (Fsp3) is 0.838. The second-order valence-electron chi connectivity index (χ2n) is 12.0. The van der Waals surface area contributed by atoms with E-state index in [1.807, 2.05) is 0 Å². The van der Waals surface area contributed by atoms with Gasteiger partial charge in [-0.3, -0.25) is 9.59 Å². The second kappa shape index (κ2) is 33.9. The van der Waals surface area contributed by atoms with Crippen LogP contribution in [0.3, 0.4) is 0 Å². The van der Waals surface area contributed by atoms with E-state index in [0.717, 1.165) is 51.4 Å². The summed E-state index contributed by atoms with van der Waals surface area (Å²) in [6.45, 7) is 4.09. The Morgan fingerprint density at radius 3 is 1.45 bits per heavy atom. The highest BCUT2D eigenvalue weighted by Crippen LogP contribution is 2.14. The van der Waals surface area contributed by atoms with Crippen LogP contribution in [-0.2, 0) is 19.1 Å². The van der Waals surface area contributed by atoms with Gasteiger partial charge in [0, 0.05) is 12.8 Å². The Kier molecular flexibility index (Phi) is 32.6. The number of rotatable bonds is 32. The summed E-state index contributed by atoms with van der Waals surface area (Å²) >= 11 is 0. The number of esters is 2. The summed E-state index contributed by atoms with van der Waals surface area (Å²) in [6, 6.07) is 0. The third kappa shape index (κ3) is 31.3. The highest BCUT2D eigenvalue weighted by atomic mass is 16.6. The summed E-state index contributed by atoms with van der Waals surface area (Å²) in [5.74, 6) is -0.603. The minimum Gasteiger partial charge on any atom is -0.462 e. The molecule has 0 aromatic rings. The summed E-state index contributed by atoms with van der Waals surface area (Å²) < 4.78 is 10.6. The van der Waals surface area contributed by atoms with Crippen molar-refractivity contribution < 1.29 is 24.2 Å². The molecule has 0 saturated heterocycles. The van der Waals surface area contributed by atoms with Gasteiger partial charge >= 0.3 is 11.9 Å². The lowest BCUT2D eigenvalue weighted by atomic mass is 10.0. The Balaban J connectivity index is 3.59. The van der Waals surface area contributed by atoms with E-state index >= 15 is 0 Å². The molecule has 0 aromatic carbocycles. The maximum atomic E-state index is 12.1. The molecule has 0 amide bonds. The molecule has 0 bridgehead atoms. The normalized spacial score (nSPS) is 12.4. The van der Waals surface area contributed by atoms with Gasteiger partial charge in [-0.2, -0.15) is 0 Å². The lowest BCUT2D eigenvalue weighted by Gasteiger charge is -2.15. The number of aliphatic hydroxyl groups is 1. The molecule has 0 saturated carbocycles. The zero-order chi connectivity index (χ0) is 30.8. The maximum absolute atomic E-state index is 12.1. The van der Waals surface area contributed by atoms with Crippen molar-refractivity contribution in [2.24, 2.45) is 0 Å². The van der Waals surface area contributed by atoms with Gasteiger partial charge in [-0.05, 0) is 44.9 Å². The zero-order valence-corrected chi connectivity index (χ0v) is 27.8. The van der Waals surface area contributed by atoms with E-state index < -0.39 is 6.10 Å². The predicted molar refractivity (Wildman–Crippen MR) is 178 cm³/mol. The number of hydrogen-bond acceptors (Lipinski definition) is 5. The van der Waals surface area contributed by atoms with Crippen molar-refractivity contribution in [2.75, 3.05) is 13.2 Å². The molecule has 0 unspecified atom stereocenters. The standard InChI is InChI=1S/C37H68O5/c1-3-5-7-9-11-13-15-17-18-20-22-24-26-28-30-32-37(40)42-35(33-38)34-41-36(39)31-29-27-25-23-21-19-16-14-12-10-8-6-4-2/h11,13,17-18,35,38H,3-10,12,14-16,19-34H2,1-2H3/b13-11+,18-17+/t35-/m1/s1. The van der Waals surface area contributed by atoms with Crippen molar-refractivity contribution in [2.45, 2.75) is 187 Å². The van der Waals surface area contributed by atoms with Crippen LogP contribution in [0.25, 0.3) is 0 Å². The third-order valence-electron chi connectivity index (χ3n) is 7.75. The van der Waals surface area contributed by atoms with E-state index in [0.29, 0.717) is 12.8 Å². The van der Waals surface area contributed by atoms with Crippen LogP contribution in [0.2, 0.25) is 0 Å². The number of aliphatic hydroxyl groups excluding tert-OH is 1. The first-order valence-electron chi connectivity index (χ1n) is 17.9. The largest absolute Gasteiger partial charge is 0.462 e. The van der Waals surface area contributed by atoms with Crippen LogP contribution >= 0.6 is 0 Å². The first-order chi connectivity index (χ1) is 20.6. The van der Waals surface area contributed by atoms with Gasteiger partial charge in [0.1, 0.15) is 6.61 Å². The second-order valence-corrected chi connectivity index (χ2v) is 12.0. The van der Waals surface area contributed by atoms with Crippen molar-refractivity contribution in [3.8, 4) is 0 Å². The number of allylic oxidation sites excluding steroid dienone is 4. The average Bonchev–Trinajstić information content (AvgIpc) is 2.99. The lowest BCUT2D eigenvalue weighted by molar-refractivity contribution is -0.161. The van der Waals surface area contributed by atoms with Crippen LogP contribution in [0, 0.1) is 0 Å². The summed E-state index contributed by atoms with van der Waals surface area (Å²) in [6.07, 6.45) is 38.0. The predicted octanol–water partition coefficient (Wildman–Crippen LogP) is 10.7. The van der Waals surface area contributed by atoms with E-state index in [9.17, 15) is 14.7 Å². The molecule has 1 atom stereocenters. The molecular weight excluding hydrogens is 524 g/mol. The van der Waals surface area contributed by atoms with Crippen molar-refractivity contribution in [1.82, 2.24) is 0 Å². The van der Waals surface area contributed by atoms with Crippen LogP contribution < -0.4 is 0 Å². The van der Waals surface area contributed by atoms with Gasteiger partial charge in [0.25, 0.3) is 0 Å². The molecule has 1 N–H and O–H groups in total. The van der Waals surface area contributed by atoms with E-state index in [2.05, 4.69) is 38.2 Å². The molecule has 0 aliphatic heterocycles. The topological polar surface area (TPSA) is 72.8 Å². The minimum atomic E-state index is -0.772. The highest BCUT2D eigenvalue weighted by Gasteiger charge is 2.16. The Morgan fingerprint density at radius 1 is 0.548 bits per heavy atom. The molecule has 42 heavy (non-hydrogen) atoms. The summed E-state index contributed by atoms with van der Waals surface area (Å²) in [4.78, 5) is 24.1. The smallest absolute Gasteiger partial charge is 0.306 e. The molecule has 246 valence electrons. The molecule has 0 aliphatic rings. The molecule has 0 aliphatic carbocycles. The Morgan fingerprint density at radius 2 is 0.952 bits per heavy atom. The van der Waals surface area contributed by atoms with E-state index in [-0.39, 0.29) is 25.2 Å². The quantitative estimate of drug-likeness (QED) is 0.0478. The van der Waals surface area contributed by atoms with Crippen LogP contribution in [0.1, 0.15) is 181 Å². The molecule has 0 spiro atoms. The van der Waals surface area contributed by atoms with Crippen molar-refractivity contribution in [3.05, 3.63) is 24.3 Å². The Hall–Kier alpha value is -1.62. The van der Waals surface area contributed by atoms with Crippen LogP contribution in [-0.4, -0.2) is 36.4 Å². The molecule has 0 rings (SSSR count). The molecule has 5 heteroatoms. The van der Waals surface area contributed by atoms with Gasteiger partial charge in [0.2, 0.25) is 0 Å². The van der Waals surface area contributed by atoms with Gasteiger partial charge in [-0.15, -0.1) is 0 Å². The van der Waals surface area contributed by atoms with Gasteiger partial charge in [-0.1, -0.05) is 147 Å². The Bertz CT molecular complexity index is 642. The maximum Gasteiger partial charge on any atom is 0.306 e. The molecule has 0 aromatic heterocycles. The number of unbranched alkanes of at least 4 members (excludes halogenated alkanes) is 20. The monoisotopic (exact) mass is 593 g/mol. The summed E-state index contributed by atoms with van der Waals surface area (Å²) in [7, 11) is 0. The molecular formula is C37H68O5. The van der Waals surface area contributed by atoms with Crippen molar-refractivity contribution in [1.29, 1.82) is 0 Å². The van der Waals surface area contributed by atoms with E-state index in [1.54, 1.807) is 0 Å². The number of carbonyl (C=O) groups is 2. The lowest BCUT2D eigenvalue weighted by Crippen LogP contribution is -2.28. The zero-order valence-electron chi connectivity index (χ0n) is 27.8. The summed E-state index contributed by atoms with van der Waals surface area (Å²) in [5.41, 5.74) is 0. The number of hydrogen-bond donors (Lipinski definition) is 1.